The van der Waals surface area contributed by atoms with Crippen LogP contribution in [0.3, 0.4) is 0 Å². The van der Waals surface area contributed by atoms with Crippen molar-refractivity contribution in [3.05, 3.63) is 11.8 Å². The normalized spacial score (nSPS) is 13.2. The molecule has 13 heavy (non-hydrogen) atoms. The zero-order valence-corrected chi connectivity index (χ0v) is 8.80. The quantitative estimate of drug-likeness (QED) is 0.775. The summed E-state index contributed by atoms with van der Waals surface area (Å²) < 4.78 is 5.22. The number of hydrogen-bond acceptors (Lipinski definition) is 5. The van der Waals surface area contributed by atoms with E-state index in [9.17, 15) is 0 Å². The topological polar surface area (TPSA) is 64.9 Å². The van der Waals surface area contributed by atoms with Gasteiger partial charge in [-0.1, -0.05) is 6.92 Å². The van der Waals surface area contributed by atoms with Gasteiger partial charge in [-0.3, -0.25) is 0 Å². The fourth-order valence-corrected chi connectivity index (χ4v) is 1.76. The Balaban J connectivity index is 2.20. The van der Waals surface area contributed by atoms with Gasteiger partial charge in [0.25, 0.3) is 0 Å². The van der Waals surface area contributed by atoms with Gasteiger partial charge in [-0.15, -0.1) is 10.2 Å². The molecule has 5 heteroatoms. The first-order valence-corrected chi connectivity index (χ1v) is 5.44. The first kappa shape index (κ1) is 10.5. The van der Waals surface area contributed by atoms with Crippen LogP contribution in [0.1, 0.15) is 18.7 Å². The standard InChI is InChI=1S/C8H15N3OS/c1-6(3-9)4-13-5-8-11-10-7(2)12-8/h6H,3-5,9H2,1-2H3. The van der Waals surface area contributed by atoms with E-state index in [1.54, 1.807) is 18.7 Å². The van der Waals surface area contributed by atoms with Crippen LogP contribution in [0.5, 0.6) is 0 Å². The van der Waals surface area contributed by atoms with E-state index in [0.717, 1.165) is 18.1 Å². The van der Waals surface area contributed by atoms with Gasteiger partial charge in [-0.05, 0) is 18.2 Å². The van der Waals surface area contributed by atoms with E-state index < -0.39 is 0 Å². The maximum atomic E-state index is 5.49. The van der Waals surface area contributed by atoms with Crippen LogP contribution in [0.15, 0.2) is 4.42 Å². The van der Waals surface area contributed by atoms with Gasteiger partial charge in [0, 0.05) is 6.92 Å². The van der Waals surface area contributed by atoms with Crippen molar-refractivity contribution in [2.75, 3.05) is 12.3 Å². The minimum atomic E-state index is 0.550. The summed E-state index contributed by atoms with van der Waals surface area (Å²) in [5.41, 5.74) is 5.49. The van der Waals surface area contributed by atoms with Crippen molar-refractivity contribution in [1.29, 1.82) is 0 Å². The van der Waals surface area contributed by atoms with Crippen molar-refractivity contribution in [2.24, 2.45) is 11.7 Å². The fourth-order valence-electron chi connectivity index (χ4n) is 0.811. The van der Waals surface area contributed by atoms with Crippen molar-refractivity contribution >= 4 is 11.8 Å². The van der Waals surface area contributed by atoms with Crippen LogP contribution in [0, 0.1) is 12.8 Å². The van der Waals surface area contributed by atoms with E-state index in [0.29, 0.717) is 17.7 Å². The molecule has 2 N–H and O–H groups in total. The Morgan fingerprint density at radius 3 is 2.85 bits per heavy atom. The third kappa shape index (κ3) is 3.78. The highest BCUT2D eigenvalue weighted by molar-refractivity contribution is 7.98. The van der Waals surface area contributed by atoms with Crippen LogP contribution < -0.4 is 5.73 Å². The monoisotopic (exact) mass is 201 g/mol. The smallest absolute Gasteiger partial charge is 0.226 e. The van der Waals surface area contributed by atoms with Gasteiger partial charge in [0.15, 0.2) is 0 Å². The molecule has 1 unspecified atom stereocenters. The second-order valence-electron chi connectivity index (χ2n) is 3.07. The average molecular weight is 201 g/mol. The number of nitrogens with two attached hydrogens (primary N) is 1. The Morgan fingerprint density at radius 1 is 1.54 bits per heavy atom. The Bertz CT molecular complexity index is 251. The van der Waals surface area contributed by atoms with Crippen LogP contribution >= 0.6 is 11.8 Å². The molecule has 1 atom stereocenters. The minimum Gasteiger partial charge on any atom is -0.425 e. The third-order valence-electron chi connectivity index (χ3n) is 1.60. The summed E-state index contributed by atoms with van der Waals surface area (Å²) >= 11 is 1.78. The number of hydrogen-bond donors (Lipinski definition) is 1. The van der Waals surface area contributed by atoms with Gasteiger partial charge < -0.3 is 10.2 Å². The van der Waals surface area contributed by atoms with Gasteiger partial charge >= 0.3 is 0 Å². The summed E-state index contributed by atoms with van der Waals surface area (Å²) in [7, 11) is 0. The van der Waals surface area contributed by atoms with Crippen LogP contribution in [0.4, 0.5) is 0 Å². The highest BCUT2D eigenvalue weighted by Gasteiger charge is 2.04. The summed E-state index contributed by atoms with van der Waals surface area (Å²) in [6.45, 7) is 4.66. The summed E-state index contributed by atoms with van der Waals surface area (Å²) in [5.74, 6) is 3.70. The summed E-state index contributed by atoms with van der Waals surface area (Å²) in [6, 6.07) is 0. The van der Waals surface area contributed by atoms with Crippen molar-refractivity contribution in [2.45, 2.75) is 19.6 Å². The van der Waals surface area contributed by atoms with E-state index >= 15 is 0 Å². The molecule has 0 radical (unpaired) electrons. The molecule has 0 saturated carbocycles. The van der Waals surface area contributed by atoms with Crippen molar-refractivity contribution in [1.82, 2.24) is 10.2 Å². The molecule has 0 spiro atoms. The highest BCUT2D eigenvalue weighted by Crippen LogP contribution is 2.13. The lowest BCUT2D eigenvalue weighted by atomic mass is 10.2. The van der Waals surface area contributed by atoms with Crippen LogP contribution in [-0.4, -0.2) is 22.5 Å². The SMILES string of the molecule is Cc1nnc(CSCC(C)CN)o1. The van der Waals surface area contributed by atoms with Gasteiger partial charge in [0.1, 0.15) is 0 Å². The molecule has 1 rings (SSSR count). The van der Waals surface area contributed by atoms with Crippen molar-refractivity contribution in [3.63, 3.8) is 0 Å². The highest BCUT2D eigenvalue weighted by atomic mass is 32.2. The van der Waals surface area contributed by atoms with E-state index in [4.69, 9.17) is 10.2 Å². The molecular weight excluding hydrogens is 186 g/mol. The lowest BCUT2D eigenvalue weighted by molar-refractivity contribution is 0.485. The molecule has 0 aliphatic heterocycles. The van der Waals surface area contributed by atoms with E-state index in [2.05, 4.69) is 17.1 Å². The molecule has 4 nitrogen and oxygen atoms in total. The third-order valence-corrected chi connectivity index (χ3v) is 2.85. The molecule has 0 aliphatic rings. The molecule has 1 aromatic rings. The van der Waals surface area contributed by atoms with Crippen molar-refractivity contribution < 1.29 is 4.42 Å². The number of nitrogens with zero attached hydrogens (tertiary/aromatic N) is 2. The Kier molecular flexibility index (Phi) is 4.24. The molecule has 0 aromatic carbocycles. The van der Waals surface area contributed by atoms with Gasteiger partial charge in [-0.25, -0.2) is 0 Å². The Morgan fingerprint density at radius 2 is 2.31 bits per heavy atom. The van der Waals surface area contributed by atoms with E-state index in [1.807, 2.05) is 0 Å². The second-order valence-corrected chi connectivity index (χ2v) is 4.10. The molecule has 1 aromatic heterocycles. The summed E-state index contributed by atoms with van der Waals surface area (Å²) in [5, 5.41) is 7.65. The zero-order valence-electron chi connectivity index (χ0n) is 7.99. The molecule has 0 aliphatic carbocycles. The molecule has 0 saturated heterocycles. The second kappa shape index (κ2) is 5.24. The Hall–Kier alpha value is -0.550. The molecule has 0 fully saturated rings. The average Bonchev–Trinajstić information content (AvgIpc) is 2.51. The minimum absolute atomic E-state index is 0.550. The summed E-state index contributed by atoms with van der Waals surface area (Å²) in [6.07, 6.45) is 0. The number of thioether (sulfide) groups is 1. The summed E-state index contributed by atoms with van der Waals surface area (Å²) in [4.78, 5) is 0. The predicted molar refractivity (Wildman–Crippen MR) is 53.4 cm³/mol. The zero-order chi connectivity index (χ0) is 9.68. The molecule has 1 heterocycles. The molecule has 0 bridgehead atoms. The number of aryl methyl sites for hydroxylation is 1. The molecular formula is C8H15N3OS. The predicted octanol–water partition coefficient (Wildman–Crippen LogP) is 1.21. The maximum Gasteiger partial charge on any atom is 0.226 e. The largest absolute Gasteiger partial charge is 0.425 e. The van der Waals surface area contributed by atoms with Gasteiger partial charge in [0.2, 0.25) is 11.8 Å². The first-order valence-electron chi connectivity index (χ1n) is 4.29. The number of rotatable bonds is 5. The fraction of sp³-hybridized carbons (Fsp3) is 0.750. The van der Waals surface area contributed by atoms with Crippen LogP contribution in [0.2, 0.25) is 0 Å². The lowest BCUT2D eigenvalue weighted by Gasteiger charge is -2.05. The van der Waals surface area contributed by atoms with Gasteiger partial charge in [0.05, 0.1) is 5.75 Å². The first-order chi connectivity index (χ1) is 6.22. The van der Waals surface area contributed by atoms with Crippen LogP contribution in [-0.2, 0) is 5.75 Å². The lowest BCUT2D eigenvalue weighted by Crippen LogP contribution is -2.12. The van der Waals surface area contributed by atoms with Crippen LogP contribution in [0.25, 0.3) is 0 Å². The maximum absolute atomic E-state index is 5.49. The molecule has 74 valence electrons. The Labute approximate surface area is 82.3 Å². The van der Waals surface area contributed by atoms with E-state index in [-0.39, 0.29) is 0 Å². The van der Waals surface area contributed by atoms with Crippen molar-refractivity contribution in [3.8, 4) is 0 Å². The van der Waals surface area contributed by atoms with Gasteiger partial charge in [-0.2, -0.15) is 11.8 Å². The molecule has 0 amide bonds. The number of aromatic nitrogens is 2. The van der Waals surface area contributed by atoms with E-state index in [1.165, 1.54) is 0 Å².